The number of hydrogen-bond acceptors (Lipinski definition) is 3. The van der Waals surface area contributed by atoms with Crippen LogP contribution in [0.4, 0.5) is 0 Å². The molecule has 3 nitrogen and oxygen atoms in total. The van der Waals surface area contributed by atoms with Crippen molar-refractivity contribution in [1.82, 2.24) is 4.90 Å². The first kappa shape index (κ1) is 14.8. The summed E-state index contributed by atoms with van der Waals surface area (Å²) in [6.07, 6.45) is 3.18. The molecule has 19 heavy (non-hydrogen) atoms. The molecule has 2 N–H and O–H groups in total. The van der Waals surface area contributed by atoms with E-state index in [0.717, 1.165) is 44.0 Å². The van der Waals surface area contributed by atoms with E-state index in [1.165, 1.54) is 5.56 Å². The molecule has 1 atom stereocenters. The maximum absolute atomic E-state index is 6.07. The van der Waals surface area contributed by atoms with Crippen molar-refractivity contribution in [2.45, 2.75) is 31.3 Å². The summed E-state index contributed by atoms with van der Waals surface area (Å²) in [7, 11) is 2.15. The first-order valence-electron chi connectivity index (χ1n) is 6.90. The van der Waals surface area contributed by atoms with Crippen molar-refractivity contribution < 1.29 is 4.74 Å². The fraction of sp³-hybridized carbons (Fsp3) is 0.600. The second-order valence-electron chi connectivity index (χ2n) is 5.38. The number of rotatable bonds is 4. The first-order valence-corrected chi connectivity index (χ1v) is 7.28. The van der Waals surface area contributed by atoms with Gasteiger partial charge in [0.25, 0.3) is 0 Å². The predicted molar refractivity (Wildman–Crippen MR) is 79.4 cm³/mol. The summed E-state index contributed by atoms with van der Waals surface area (Å²) in [5.74, 6) is 0. The summed E-state index contributed by atoms with van der Waals surface area (Å²) in [6, 6.07) is 8.04. The molecule has 1 aromatic rings. The van der Waals surface area contributed by atoms with Crippen LogP contribution in [0.2, 0.25) is 5.02 Å². The molecule has 0 radical (unpaired) electrons. The normalized spacial score (nSPS) is 24.4. The Balaban J connectivity index is 2.09. The van der Waals surface area contributed by atoms with Crippen LogP contribution in [0.5, 0.6) is 0 Å². The van der Waals surface area contributed by atoms with E-state index in [0.29, 0.717) is 6.54 Å². The largest absolute Gasteiger partial charge is 0.381 e. The van der Waals surface area contributed by atoms with Gasteiger partial charge in [0.2, 0.25) is 0 Å². The lowest BCUT2D eigenvalue weighted by Crippen LogP contribution is -2.51. The zero-order valence-corrected chi connectivity index (χ0v) is 12.3. The molecule has 0 amide bonds. The van der Waals surface area contributed by atoms with Gasteiger partial charge in [-0.1, -0.05) is 23.7 Å². The summed E-state index contributed by atoms with van der Waals surface area (Å²) in [6.45, 7) is 3.20. The Labute approximate surface area is 120 Å². The fourth-order valence-corrected chi connectivity index (χ4v) is 3.02. The second kappa shape index (κ2) is 6.71. The number of hydrogen-bond donors (Lipinski definition) is 1. The topological polar surface area (TPSA) is 38.5 Å². The lowest BCUT2D eigenvalue weighted by atomic mass is 9.88. The van der Waals surface area contributed by atoms with E-state index >= 15 is 0 Å². The summed E-state index contributed by atoms with van der Waals surface area (Å²) < 4.78 is 5.57. The molecule has 106 valence electrons. The van der Waals surface area contributed by atoms with Crippen LogP contribution in [-0.2, 0) is 11.3 Å². The monoisotopic (exact) mass is 282 g/mol. The molecule has 0 spiro atoms. The van der Waals surface area contributed by atoms with Crippen molar-refractivity contribution in [1.29, 1.82) is 0 Å². The van der Waals surface area contributed by atoms with Gasteiger partial charge in [-0.3, -0.25) is 4.90 Å². The van der Waals surface area contributed by atoms with E-state index in [-0.39, 0.29) is 5.54 Å². The molecule has 1 aliphatic rings. The van der Waals surface area contributed by atoms with Crippen LogP contribution < -0.4 is 5.73 Å². The van der Waals surface area contributed by atoms with Crippen LogP contribution in [0.25, 0.3) is 0 Å². The van der Waals surface area contributed by atoms with Crippen LogP contribution in [0.1, 0.15) is 24.8 Å². The average Bonchev–Trinajstić information content (AvgIpc) is 2.65. The summed E-state index contributed by atoms with van der Waals surface area (Å²) in [5, 5.41) is 0.789. The SMILES string of the molecule is CN(Cc1cccc(Cl)c1)C1(CN)CCCOCC1. The third-order valence-corrected chi connectivity index (χ3v) is 4.38. The van der Waals surface area contributed by atoms with E-state index in [2.05, 4.69) is 18.0 Å². The molecular weight excluding hydrogens is 260 g/mol. The van der Waals surface area contributed by atoms with Gasteiger partial charge in [-0.15, -0.1) is 0 Å². The van der Waals surface area contributed by atoms with Gasteiger partial charge in [-0.25, -0.2) is 0 Å². The highest BCUT2D eigenvalue weighted by atomic mass is 35.5. The van der Waals surface area contributed by atoms with Crippen molar-refractivity contribution in [3.8, 4) is 0 Å². The predicted octanol–water partition coefficient (Wildman–Crippen LogP) is 2.67. The van der Waals surface area contributed by atoms with Gasteiger partial charge < -0.3 is 10.5 Å². The Bertz CT molecular complexity index is 403. The van der Waals surface area contributed by atoms with Gasteiger partial charge in [0.15, 0.2) is 0 Å². The van der Waals surface area contributed by atoms with Crippen molar-refractivity contribution in [2.75, 3.05) is 26.8 Å². The highest BCUT2D eigenvalue weighted by molar-refractivity contribution is 6.30. The Morgan fingerprint density at radius 1 is 1.37 bits per heavy atom. The van der Waals surface area contributed by atoms with Crippen molar-refractivity contribution in [2.24, 2.45) is 5.73 Å². The fourth-order valence-electron chi connectivity index (χ4n) is 2.81. The van der Waals surface area contributed by atoms with Gasteiger partial charge in [0.1, 0.15) is 0 Å². The molecule has 0 aromatic heterocycles. The zero-order chi connectivity index (χ0) is 13.7. The molecule has 0 bridgehead atoms. The van der Waals surface area contributed by atoms with Gasteiger partial charge in [0, 0.05) is 36.9 Å². The molecule has 1 saturated heterocycles. The minimum absolute atomic E-state index is 0.0544. The molecule has 1 aliphatic heterocycles. The second-order valence-corrected chi connectivity index (χ2v) is 5.82. The standard InChI is InChI=1S/C15H23ClN2O/c1-18(11-13-4-2-5-14(16)10-13)15(12-17)6-3-8-19-9-7-15/h2,4-5,10H,3,6-9,11-12,17H2,1H3. The van der Waals surface area contributed by atoms with Gasteiger partial charge in [-0.2, -0.15) is 0 Å². The number of likely N-dealkylation sites (N-methyl/N-ethyl adjacent to an activating group) is 1. The molecule has 2 rings (SSSR count). The third-order valence-electron chi connectivity index (χ3n) is 4.14. The minimum Gasteiger partial charge on any atom is -0.381 e. The van der Waals surface area contributed by atoms with Gasteiger partial charge in [-0.05, 0) is 44.0 Å². The first-order chi connectivity index (χ1) is 9.16. The number of benzene rings is 1. The summed E-state index contributed by atoms with van der Waals surface area (Å²) in [5.41, 5.74) is 7.35. The number of halogens is 1. The van der Waals surface area contributed by atoms with E-state index in [1.54, 1.807) is 0 Å². The van der Waals surface area contributed by atoms with Crippen LogP contribution in [-0.4, -0.2) is 37.2 Å². The molecule has 1 unspecified atom stereocenters. The molecule has 1 aromatic carbocycles. The van der Waals surface area contributed by atoms with Gasteiger partial charge >= 0.3 is 0 Å². The van der Waals surface area contributed by atoms with Crippen molar-refractivity contribution in [3.05, 3.63) is 34.9 Å². The molecule has 1 heterocycles. The van der Waals surface area contributed by atoms with E-state index < -0.39 is 0 Å². The molecule has 4 heteroatoms. The third kappa shape index (κ3) is 3.69. The summed E-state index contributed by atoms with van der Waals surface area (Å²) >= 11 is 6.05. The lowest BCUT2D eigenvalue weighted by Gasteiger charge is -2.40. The highest BCUT2D eigenvalue weighted by Gasteiger charge is 2.33. The quantitative estimate of drug-likeness (QED) is 0.923. The minimum atomic E-state index is 0.0544. The van der Waals surface area contributed by atoms with E-state index in [9.17, 15) is 0 Å². The Hall–Kier alpha value is -0.610. The smallest absolute Gasteiger partial charge is 0.0484 e. The van der Waals surface area contributed by atoms with Crippen LogP contribution in [0.3, 0.4) is 0 Å². The average molecular weight is 283 g/mol. The van der Waals surface area contributed by atoms with Gasteiger partial charge in [0.05, 0.1) is 0 Å². The van der Waals surface area contributed by atoms with E-state index in [4.69, 9.17) is 22.1 Å². The zero-order valence-electron chi connectivity index (χ0n) is 11.6. The Kier molecular flexibility index (Phi) is 5.22. The summed E-state index contributed by atoms with van der Waals surface area (Å²) in [4.78, 5) is 2.37. The molecule has 0 saturated carbocycles. The number of nitrogens with two attached hydrogens (primary N) is 1. The molecule has 1 fully saturated rings. The van der Waals surface area contributed by atoms with Crippen molar-refractivity contribution in [3.63, 3.8) is 0 Å². The molecule has 0 aliphatic carbocycles. The number of ether oxygens (including phenoxy) is 1. The molecular formula is C15H23ClN2O. The Morgan fingerprint density at radius 3 is 2.95 bits per heavy atom. The maximum Gasteiger partial charge on any atom is 0.0484 e. The van der Waals surface area contributed by atoms with Crippen LogP contribution in [0.15, 0.2) is 24.3 Å². The van der Waals surface area contributed by atoms with Crippen LogP contribution in [0, 0.1) is 0 Å². The van der Waals surface area contributed by atoms with E-state index in [1.807, 2.05) is 18.2 Å². The van der Waals surface area contributed by atoms with Crippen molar-refractivity contribution >= 4 is 11.6 Å². The maximum atomic E-state index is 6.07. The van der Waals surface area contributed by atoms with Crippen LogP contribution >= 0.6 is 11.6 Å². The number of nitrogens with zero attached hydrogens (tertiary/aromatic N) is 1. The Morgan fingerprint density at radius 2 is 2.21 bits per heavy atom. The highest BCUT2D eigenvalue weighted by Crippen LogP contribution is 2.28. The lowest BCUT2D eigenvalue weighted by molar-refractivity contribution is 0.0835.